The van der Waals surface area contributed by atoms with E-state index in [1.165, 1.54) is 5.56 Å². The first kappa shape index (κ1) is 12.2. The highest BCUT2D eigenvalue weighted by Crippen LogP contribution is 2.19. The zero-order valence-corrected chi connectivity index (χ0v) is 10.6. The summed E-state index contributed by atoms with van der Waals surface area (Å²) in [6, 6.07) is 16.4. The van der Waals surface area contributed by atoms with E-state index >= 15 is 0 Å². The molecule has 2 N–H and O–H groups in total. The molecule has 1 atom stereocenters. The lowest BCUT2D eigenvalue weighted by Crippen LogP contribution is -2.04. The summed E-state index contributed by atoms with van der Waals surface area (Å²) in [5, 5.41) is 0.823. The lowest BCUT2D eigenvalue weighted by molar-refractivity contribution is 0.817. The highest BCUT2D eigenvalue weighted by molar-refractivity contribution is 6.31. The van der Waals surface area contributed by atoms with E-state index in [0.717, 1.165) is 22.6 Å². The van der Waals surface area contributed by atoms with Crippen molar-refractivity contribution in [3.05, 3.63) is 70.2 Å². The van der Waals surface area contributed by atoms with Gasteiger partial charge in [0.25, 0.3) is 0 Å². The van der Waals surface area contributed by atoms with Crippen LogP contribution in [0.25, 0.3) is 0 Å². The van der Waals surface area contributed by atoms with Gasteiger partial charge in [-0.05, 0) is 36.1 Å². The van der Waals surface area contributed by atoms with Gasteiger partial charge in [0, 0.05) is 11.1 Å². The van der Waals surface area contributed by atoms with E-state index in [1.54, 1.807) is 0 Å². The molecule has 88 valence electrons. The maximum atomic E-state index is 6.14. The first-order chi connectivity index (χ1) is 8.16. The Kier molecular flexibility index (Phi) is 3.82. The molecule has 0 saturated heterocycles. The smallest absolute Gasteiger partial charge is 0.0441 e. The fourth-order valence-corrected chi connectivity index (χ4v) is 2.00. The Labute approximate surface area is 107 Å². The quantitative estimate of drug-likeness (QED) is 0.871. The molecular weight excluding hydrogens is 230 g/mol. The third-order valence-corrected chi connectivity index (χ3v) is 3.23. The van der Waals surface area contributed by atoms with E-state index in [1.807, 2.05) is 25.1 Å². The number of halogens is 1. The Balaban J connectivity index is 2.17. The molecule has 0 heterocycles. The first-order valence-corrected chi connectivity index (χ1v) is 6.12. The highest BCUT2D eigenvalue weighted by Gasteiger charge is 2.02. The van der Waals surface area contributed by atoms with Gasteiger partial charge < -0.3 is 5.73 Å². The van der Waals surface area contributed by atoms with E-state index in [2.05, 4.69) is 30.3 Å². The number of hydrogen-bond donors (Lipinski definition) is 1. The summed E-state index contributed by atoms with van der Waals surface area (Å²) in [6.07, 6.45) is 0.860. The molecule has 0 aliphatic carbocycles. The molecule has 2 aromatic rings. The van der Waals surface area contributed by atoms with Crippen LogP contribution in [0.4, 0.5) is 0 Å². The van der Waals surface area contributed by atoms with Crippen molar-refractivity contribution in [1.29, 1.82) is 0 Å². The molecule has 2 heteroatoms. The van der Waals surface area contributed by atoms with Crippen LogP contribution in [0.1, 0.15) is 29.7 Å². The predicted molar refractivity (Wildman–Crippen MR) is 73.3 cm³/mol. The summed E-state index contributed by atoms with van der Waals surface area (Å²) < 4.78 is 0. The normalized spacial score (nSPS) is 12.4. The van der Waals surface area contributed by atoms with Gasteiger partial charge in [-0.2, -0.15) is 0 Å². The fourth-order valence-electron chi connectivity index (χ4n) is 1.80. The van der Waals surface area contributed by atoms with Crippen LogP contribution in [-0.2, 0) is 6.42 Å². The standard InChI is InChI=1S/C15H16ClN/c1-11(17)13-8-6-12(7-9-13)10-14-4-2-3-5-15(14)16/h2-9,11H,10,17H2,1H3. The van der Waals surface area contributed by atoms with Crippen LogP contribution in [0, 0.1) is 0 Å². The maximum Gasteiger partial charge on any atom is 0.0441 e. The Morgan fingerprint density at radius 2 is 1.71 bits per heavy atom. The second-order valence-corrected chi connectivity index (χ2v) is 4.71. The monoisotopic (exact) mass is 245 g/mol. The van der Waals surface area contributed by atoms with E-state index in [0.29, 0.717) is 0 Å². The maximum absolute atomic E-state index is 6.14. The Morgan fingerprint density at radius 3 is 2.29 bits per heavy atom. The average Bonchev–Trinajstić information content (AvgIpc) is 2.33. The lowest BCUT2D eigenvalue weighted by Gasteiger charge is -2.08. The second kappa shape index (κ2) is 5.35. The molecule has 1 nitrogen and oxygen atoms in total. The van der Waals surface area contributed by atoms with Crippen molar-refractivity contribution in [3.63, 3.8) is 0 Å². The van der Waals surface area contributed by atoms with Gasteiger partial charge in [-0.1, -0.05) is 54.1 Å². The fraction of sp³-hybridized carbons (Fsp3) is 0.200. The minimum atomic E-state index is 0.0874. The van der Waals surface area contributed by atoms with Crippen LogP contribution < -0.4 is 5.73 Å². The zero-order chi connectivity index (χ0) is 12.3. The Morgan fingerprint density at radius 1 is 1.06 bits per heavy atom. The van der Waals surface area contributed by atoms with Gasteiger partial charge in [0.2, 0.25) is 0 Å². The van der Waals surface area contributed by atoms with Crippen LogP contribution in [0.2, 0.25) is 5.02 Å². The van der Waals surface area contributed by atoms with Gasteiger partial charge in [0.05, 0.1) is 0 Å². The largest absolute Gasteiger partial charge is 0.324 e. The average molecular weight is 246 g/mol. The minimum Gasteiger partial charge on any atom is -0.324 e. The van der Waals surface area contributed by atoms with Gasteiger partial charge >= 0.3 is 0 Å². The van der Waals surface area contributed by atoms with Crippen molar-refractivity contribution >= 4 is 11.6 Å². The van der Waals surface area contributed by atoms with Gasteiger partial charge in [-0.25, -0.2) is 0 Å². The van der Waals surface area contributed by atoms with Gasteiger partial charge in [0.1, 0.15) is 0 Å². The number of benzene rings is 2. The van der Waals surface area contributed by atoms with Crippen molar-refractivity contribution in [2.45, 2.75) is 19.4 Å². The van der Waals surface area contributed by atoms with Crippen LogP contribution >= 0.6 is 11.6 Å². The molecule has 2 rings (SSSR count). The van der Waals surface area contributed by atoms with E-state index in [9.17, 15) is 0 Å². The van der Waals surface area contributed by atoms with E-state index in [4.69, 9.17) is 17.3 Å². The summed E-state index contributed by atoms with van der Waals surface area (Å²) in [5.41, 5.74) is 9.39. The molecule has 0 amide bonds. The van der Waals surface area contributed by atoms with Crippen molar-refractivity contribution in [3.8, 4) is 0 Å². The number of hydrogen-bond acceptors (Lipinski definition) is 1. The minimum absolute atomic E-state index is 0.0874. The summed E-state index contributed by atoms with van der Waals surface area (Å²) in [4.78, 5) is 0. The van der Waals surface area contributed by atoms with Gasteiger partial charge in [0.15, 0.2) is 0 Å². The summed E-state index contributed by atoms with van der Waals surface area (Å²) >= 11 is 6.14. The Bertz CT molecular complexity index is 489. The predicted octanol–water partition coefficient (Wildman–Crippen LogP) is 3.95. The first-order valence-electron chi connectivity index (χ1n) is 5.74. The molecule has 0 aromatic heterocycles. The molecule has 0 saturated carbocycles. The summed E-state index contributed by atoms with van der Waals surface area (Å²) in [7, 11) is 0. The van der Waals surface area contributed by atoms with Crippen molar-refractivity contribution < 1.29 is 0 Å². The Hall–Kier alpha value is -1.31. The molecule has 17 heavy (non-hydrogen) atoms. The van der Waals surface area contributed by atoms with Gasteiger partial charge in [-0.3, -0.25) is 0 Å². The van der Waals surface area contributed by atoms with Crippen molar-refractivity contribution in [1.82, 2.24) is 0 Å². The molecule has 2 aromatic carbocycles. The number of nitrogens with two attached hydrogens (primary N) is 1. The SMILES string of the molecule is CC(N)c1ccc(Cc2ccccc2Cl)cc1. The molecule has 0 radical (unpaired) electrons. The van der Waals surface area contributed by atoms with E-state index < -0.39 is 0 Å². The van der Waals surface area contributed by atoms with Crippen LogP contribution in [0.3, 0.4) is 0 Å². The van der Waals surface area contributed by atoms with Crippen LogP contribution in [0.5, 0.6) is 0 Å². The summed E-state index contributed by atoms with van der Waals surface area (Å²) in [5.74, 6) is 0. The molecule has 0 spiro atoms. The van der Waals surface area contributed by atoms with Crippen LogP contribution in [0.15, 0.2) is 48.5 Å². The highest BCUT2D eigenvalue weighted by atomic mass is 35.5. The summed E-state index contributed by atoms with van der Waals surface area (Å²) in [6.45, 7) is 1.99. The molecule has 0 bridgehead atoms. The molecule has 0 aliphatic heterocycles. The second-order valence-electron chi connectivity index (χ2n) is 4.30. The lowest BCUT2D eigenvalue weighted by atomic mass is 10.0. The third-order valence-electron chi connectivity index (χ3n) is 2.86. The molecular formula is C15H16ClN. The van der Waals surface area contributed by atoms with Crippen LogP contribution in [-0.4, -0.2) is 0 Å². The third kappa shape index (κ3) is 3.09. The van der Waals surface area contributed by atoms with Gasteiger partial charge in [-0.15, -0.1) is 0 Å². The number of rotatable bonds is 3. The molecule has 0 aliphatic rings. The zero-order valence-electron chi connectivity index (χ0n) is 9.86. The van der Waals surface area contributed by atoms with E-state index in [-0.39, 0.29) is 6.04 Å². The topological polar surface area (TPSA) is 26.0 Å². The molecule has 1 unspecified atom stereocenters. The van der Waals surface area contributed by atoms with Crippen molar-refractivity contribution in [2.24, 2.45) is 5.73 Å². The van der Waals surface area contributed by atoms with Crippen molar-refractivity contribution in [2.75, 3.05) is 0 Å². The molecule has 0 fully saturated rings.